The minimum Gasteiger partial charge on any atom is -0.493 e. The van der Waals surface area contributed by atoms with E-state index in [4.69, 9.17) is 4.74 Å². The van der Waals surface area contributed by atoms with Gasteiger partial charge >= 0.3 is 5.97 Å². The predicted molar refractivity (Wildman–Crippen MR) is 85.2 cm³/mol. The van der Waals surface area contributed by atoms with Gasteiger partial charge in [-0.05, 0) is 41.7 Å². The quantitative estimate of drug-likeness (QED) is 0.805. The molecular formula is C18H16N2O3. The Morgan fingerprint density at radius 1 is 1.26 bits per heavy atom. The Hall–Kier alpha value is -2.82. The zero-order valence-electron chi connectivity index (χ0n) is 12.5. The summed E-state index contributed by atoms with van der Waals surface area (Å²) in [5.41, 5.74) is 4.22. The minimum atomic E-state index is -0.925. The number of nitrogens with zero attached hydrogens (tertiary/aromatic N) is 2. The molecule has 0 fully saturated rings. The van der Waals surface area contributed by atoms with Gasteiger partial charge < -0.3 is 9.84 Å². The Bertz CT molecular complexity index is 898. The Labute approximate surface area is 133 Å². The van der Waals surface area contributed by atoms with Crippen LogP contribution in [0.3, 0.4) is 0 Å². The van der Waals surface area contributed by atoms with Crippen molar-refractivity contribution in [2.24, 2.45) is 0 Å². The Morgan fingerprint density at radius 2 is 2.17 bits per heavy atom. The van der Waals surface area contributed by atoms with Crippen molar-refractivity contribution in [3.05, 3.63) is 65.1 Å². The van der Waals surface area contributed by atoms with E-state index in [2.05, 4.69) is 17.1 Å². The summed E-state index contributed by atoms with van der Waals surface area (Å²) in [6, 6.07) is 9.95. The smallest absolute Gasteiger partial charge is 0.353 e. The van der Waals surface area contributed by atoms with E-state index in [0.717, 1.165) is 30.8 Å². The molecule has 4 rings (SSSR count). The van der Waals surface area contributed by atoms with Crippen LogP contribution in [0.2, 0.25) is 0 Å². The average molecular weight is 308 g/mol. The van der Waals surface area contributed by atoms with E-state index in [1.807, 2.05) is 18.2 Å². The molecule has 2 aromatic heterocycles. The third-order valence-electron chi connectivity index (χ3n) is 4.29. The Kier molecular flexibility index (Phi) is 3.26. The van der Waals surface area contributed by atoms with E-state index in [1.165, 1.54) is 11.1 Å². The fraction of sp³-hybridized carbons (Fsp3) is 0.222. The number of aromatic carboxylic acids is 1. The van der Waals surface area contributed by atoms with Gasteiger partial charge in [-0.2, -0.15) is 0 Å². The van der Waals surface area contributed by atoms with Gasteiger partial charge in [-0.1, -0.05) is 18.2 Å². The Balaban J connectivity index is 1.62. The number of rotatable bonds is 4. The van der Waals surface area contributed by atoms with Gasteiger partial charge in [0.2, 0.25) is 0 Å². The van der Waals surface area contributed by atoms with Gasteiger partial charge in [0.15, 0.2) is 0 Å². The molecule has 116 valence electrons. The van der Waals surface area contributed by atoms with Gasteiger partial charge in [0.1, 0.15) is 17.1 Å². The second-order valence-corrected chi connectivity index (χ2v) is 5.71. The summed E-state index contributed by atoms with van der Waals surface area (Å²) in [6.45, 7) is 0.749. The van der Waals surface area contributed by atoms with Gasteiger partial charge in [-0.15, -0.1) is 0 Å². The van der Waals surface area contributed by atoms with E-state index in [0.29, 0.717) is 17.8 Å². The summed E-state index contributed by atoms with van der Waals surface area (Å²) in [6.07, 6.45) is 5.73. The molecule has 0 aliphatic carbocycles. The van der Waals surface area contributed by atoms with Gasteiger partial charge in [-0.25, -0.2) is 9.78 Å². The molecule has 0 saturated heterocycles. The topological polar surface area (TPSA) is 63.8 Å². The number of ether oxygens (including phenoxy) is 1. The summed E-state index contributed by atoms with van der Waals surface area (Å²) in [5, 5.41) is 9.54. The second-order valence-electron chi connectivity index (χ2n) is 5.71. The highest BCUT2D eigenvalue weighted by atomic mass is 16.5. The van der Waals surface area contributed by atoms with Gasteiger partial charge in [0.25, 0.3) is 0 Å². The highest BCUT2D eigenvalue weighted by Gasteiger charge is 2.16. The number of carboxylic acid groups (broad SMARTS) is 1. The van der Waals surface area contributed by atoms with Crippen molar-refractivity contribution < 1.29 is 14.6 Å². The van der Waals surface area contributed by atoms with E-state index in [9.17, 15) is 9.90 Å². The van der Waals surface area contributed by atoms with Crippen molar-refractivity contribution in [3.8, 4) is 5.75 Å². The highest BCUT2D eigenvalue weighted by molar-refractivity contribution is 5.88. The molecule has 3 heterocycles. The van der Waals surface area contributed by atoms with Crippen LogP contribution in [0.4, 0.5) is 0 Å². The molecule has 0 spiro atoms. The highest BCUT2D eigenvalue weighted by Crippen LogP contribution is 2.26. The molecule has 0 saturated carbocycles. The largest absolute Gasteiger partial charge is 0.493 e. The van der Waals surface area contributed by atoms with Crippen LogP contribution in [0.5, 0.6) is 5.75 Å². The monoisotopic (exact) mass is 308 g/mol. The molecule has 1 aliphatic heterocycles. The van der Waals surface area contributed by atoms with Crippen molar-refractivity contribution >= 4 is 11.6 Å². The van der Waals surface area contributed by atoms with Crippen molar-refractivity contribution in [3.63, 3.8) is 0 Å². The molecule has 1 aromatic carbocycles. The summed E-state index contributed by atoms with van der Waals surface area (Å²) in [4.78, 5) is 15.8. The van der Waals surface area contributed by atoms with E-state index < -0.39 is 5.97 Å². The number of aromatic nitrogens is 2. The van der Waals surface area contributed by atoms with E-state index >= 15 is 0 Å². The maximum absolute atomic E-state index is 11.6. The van der Waals surface area contributed by atoms with Gasteiger partial charge in [0.05, 0.1) is 6.61 Å². The second kappa shape index (κ2) is 5.43. The number of carbonyl (C=O) groups is 1. The van der Waals surface area contributed by atoms with Gasteiger partial charge in [0, 0.05) is 18.8 Å². The summed E-state index contributed by atoms with van der Waals surface area (Å²) < 4.78 is 7.15. The van der Waals surface area contributed by atoms with Crippen LogP contribution < -0.4 is 4.74 Å². The fourth-order valence-corrected chi connectivity index (χ4v) is 3.15. The third kappa shape index (κ3) is 2.44. The number of hydrogen-bond acceptors (Lipinski definition) is 3. The van der Waals surface area contributed by atoms with E-state index in [-0.39, 0.29) is 0 Å². The molecule has 3 aromatic rings. The molecule has 1 aliphatic rings. The van der Waals surface area contributed by atoms with Crippen LogP contribution in [0.1, 0.15) is 27.2 Å². The molecule has 0 bridgehead atoms. The first-order chi connectivity index (χ1) is 11.2. The zero-order chi connectivity index (χ0) is 15.8. The summed E-state index contributed by atoms with van der Waals surface area (Å²) in [5.74, 6) is 0.0470. The predicted octanol–water partition coefficient (Wildman–Crippen LogP) is 2.75. The lowest BCUT2D eigenvalue weighted by atomic mass is 10.0. The van der Waals surface area contributed by atoms with Crippen molar-refractivity contribution in [2.75, 3.05) is 6.61 Å². The molecule has 5 nitrogen and oxygen atoms in total. The zero-order valence-corrected chi connectivity index (χ0v) is 12.5. The number of fused-ring (bicyclic) bond motifs is 2. The lowest BCUT2D eigenvalue weighted by Crippen LogP contribution is -2.10. The molecule has 1 N–H and O–H groups in total. The average Bonchev–Trinajstić information content (AvgIpc) is 3.19. The molecule has 23 heavy (non-hydrogen) atoms. The molecule has 5 heteroatoms. The summed E-state index contributed by atoms with van der Waals surface area (Å²) in [7, 11) is 0. The maximum atomic E-state index is 11.6. The molecule has 0 radical (unpaired) electrons. The normalized spacial score (nSPS) is 13.0. The van der Waals surface area contributed by atoms with E-state index in [1.54, 1.807) is 16.8 Å². The van der Waals surface area contributed by atoms with Crippen molar-refractivity contribution in [1.82, 2.24) is 9.38 Å². The van der Waals surface area contributed by atoms with Crippen LogP contribution in [-0.2, 0) is 19.3 Å². The molecule has 0 amide bonds. The first-order valence-corrected chi connectivity index (χ1v) is 7.65. The number of benzene rings is 1. The van der Waals surface area contributed by atoms with Crippen molar-refractivity contribution in [1.29, 1.82) is 0 Å². The number of hydrogen-bond donors (Lipinski definition) is 1. The lowest BCUT2D eigenvalue weighted by Gasteiger charge is -2.09. The third-order valence-corrected chi connectivity index (χ3v) is 4.29. The number of pyridine rings is 1. The van der Waals surface area contributed by atoms with Crippen LogP contribution in [0, 0.1) is 0 Å². The lowest BCUT2D eigenvalue weighted by molar-refractivity contribution is 0.0687. The van der Waals surface area contributed by atoms with Gasteiger partial charge in [-0.3, -0.25) is 4.40 Å². The molecular weight excluding hydrogens is 292 g/mol. The molecule has 0 atom stereocenters. The standard InChI is InChI=1S/C18H16N2O3/c21-18(22)17-13(4-6-16-19-8-9-20(16)17)3-1-12-2-5-15-14(11-12)7-10-23-15/h2,4-6,8-9,11H,1,3,7,10H2,(H,21,22). The van der Waals surface area contributed by atoms with Crippen LogP contribution in [-0.4, -0.2) is 27.1 Å². The first kappa shape index (κ1) is 13.8. The molecule has 0 unspecified atom stereocenters. The number of imidazole rings is 1. The first-order valence-electron chi connectivity index (χ1n) is 7.65. The number of aryl methyl sites for hydroxylation is 2. The van der Waals surface area contributed by atoms with Crippen LogP contribution in [0.25, 0.3) is 5.65 Å². The van der Waals surface area contributed by atoms with Crippen molar-refractivity contribution in [2.45, 2.75) is 19.3 Å². The maximum Gasteiger partial charge on any atom is 0.353 e. The minimum absolute atomic E-state index is 0.296. The SMILES string of the molecule is O=C(O)c1c(CCc2ccc3c(c2)CCO3)ccc2nccn12. The number of carboxylic acids is 1. The fourth-order valence-electron chi connectivity index (χ4n) is 3.15. The van der Waals surface area contributed by atoms with Crippen LogP contribution >= 0.6 is 0 Å². The van der Waals surface area contributed by atoms with Crippen LogP contribution in [0.15, 0.2) is 42.7 Å². The summed E-state index contributed by atoms with van der Waals surface area (Å²) >= 11 is 0. The Morgan fingerprint density at radius 3 is 3.04 bits per heavy atom.